The number of rotatable bonds is 5. The highest BCUT2D eigenvalue weighted by Crippen LogP contribution is 2.45. The van der Waals surface area contributed by atoms with E-state index in [9.17, 15) is 13.2 Å². The van der Waals surface area contributed by atoms with Crippen molar-refractivity contribution in [3.05, 3.63) is 69.2 Å². The lowest BCUT2D eigenvalue weighted by Crippen LogP contribution is -2.43. The van der Waals surface area contributed by atoms with Crippen LogP contribution in [-0.4, -0.2) is 25.3 Å². The van der Waals surface area contributed by atoms with Gasteiger partial charge in [0.15, 0.2) is 5.37 Å². The molecule has 0 saturated heterocycles. The van der Waals surface area contributed by atoms with Gasteiger partial charge in [0, 0.05) is 16.1 Å². The van der Waals surface area contributed by atoms with Crippen LogP contribution < -0.4 is 4.72 Å². The fourth-order valence-electron chi connectivity index (χ4n) is 3.62. The van der Waals surface area contributed by atoms with Crippen LogP contribution in [0.2, 0.25) is 10.0 Å². The molecule has 1 unspecified atom stereocenters. The van der Waals surface area contributed by atoms with Gasteiger partial charge in [-0.1, -0.05) is 53.5 Å². The summed E-state index contributed by atoms with van der Waals surface area (Å²) in [7, 11) is -3.82. The van der Waals surface area contributed by atoms with E-state index in [0.29, 0.717) is 21.2 Å². The van der Waals surface area contributed by atoms with Gasteiger partial charge in [0.2, 0.25) is 15.9 Å². The number of benzene rings is 2. The van der Waals surface area contributed by atoms with Gasteiger partial charge in [0.25, 0.3) is 0 Å². The van der Waals surface area contributed by atoms with E-state index in [4.69, 9.17) is 23.2 Å². The van der Waals surface area contributed by atoms with Crippen molar-refractivity contribution in [3.63, 3.8) is 0 Å². The fourth-order valence-corrected chi connectivity index (χ4v) is 6.08. The Morgan fingerprint density at radius 3 is 2.21 bits per heavy atom. The number of carbonyl (C=O) groups is 1. The van der Waals surface area contributed by atoms with Crippen LogP contribution in [0.15, 0.2) is 42.5 Å². The Labute approximate surface area is 175 Å². The minimum atomic E-state index is -3.82. The van der Waals surface area contributed by atoms with Crippen molar-refractivity contribution in [2.24, 2.45) is 0 Å². The maximum absolute atomic E-state index is 13.3. The Kier molecular flexibility index (Phi) is 6.05. The summed E-state index contributed by atoms with van der Waals surface area (Å²) < 4.78 is 28.8. The standard InChI is InChI=1S/C20H22Cl2N2O3S/c1-12(2)23-28(26,27)20-15-8-5-4-7-14(15)13(3)24(20)19(25)11-16-17(21)9-6-10-18(16)22/h4-10,12-13,20,23H,11H2,1-3H3/t13-,20?/m0/s1. The van der Waals surface area contributed by atoms with E-state index in [2.05, 4.69) is 4.72 Å². The summed E-state index contributed by atoms with van der Waals surface area (Å²) in [6.07, 6.45) is -0.0788. The third-order valence-corrected chi connectivity index (χ3v) is 7.33. The first-order chi connectivity index (χ1) is 13.1. The normalized spacial score (nSPS) is 19.1. The molecule has 0 aliphatic carbocycles. The maximum Gasteiger partial charge on any atom is 0.237 e. The lowest BCUT2D eigenvalue weighted by Gasteiger charge is -2.30. The first-order valence-electron chi connectivity index (χ1n) is 8.97. The molecule has 1 N–H and O–H groups in total. The van der Waals surface area contributed by atoms with Crippen LogP contribution in [0, 0.1) is 0 Å². The molecule has 0 aromatic heterocycles. The molecule has 0 bridgehead atoms. The first-order valence-corrected chi connectivity index (χ1v) is 11.3. The number of carbonyl (C=O) groups excluding carboxylic acids is 1. The van der Waals surface area contributed by atoms with E-state index in [1.165, 1.54) is 4.90 Å². The molecule has 150 valence electrons. The van der Waals surface area contributed by atoms with Gasteiger partial charge in [-0.3, -0.25) is 4.79 Å². The zero-order valence-corrected chi connectivity index (χ0v) is 18.1. The number of amides is 1. The minimum Gasteiger partial charge on any atom is -0.314 e. The monoisotopic (exact) mass is 440 g/mol. The van der Waals surface area contributed by atoms with Crippen LogP contribution in [0.1, 0.15) is 48.9 Å². The minimum absolute atomic E-state index is 0.0788. The van der Waals surface area contributed by atoms with Crippen molar-refractivity contribution in [2.45, 2.75) is 44.6 Å². The molecule has 0 spiro atoms. The summed E-state index contributed by atoms with van der Waals surface area (Å²) in [5.41, 5.74) is 1.92. The van der Waals surface area contributed by atoms with E-state index in [-0.39, 0.29) is 18.4 Å². The van der Waals surface area contributed by atoms with E-state index >= 15 is 0 Å². The topological polar surface area (TPSA) is 66.5 Å². The van der Waals surface area contributed by atoms with Gasteiger partial charge < -0.3 is 4.90 Å². The van der Waals surface area contributed by atoms with E-state index in [1.54, 1.807) is 44.2 Å². The molecular weight excluding hydrogens is 419 g/mol. The summed E-state index contributed by atoms with van der Waals surface area (Å²) in [6, 6.07) is 11.6. The Balaban J connectivity index is 2.04. The van der Waals surface area contributed by atoms with Gasteiger partial charge in [0.05, 0.1) is 12.5 Å². The number of hydrogen-bond donors (Lipinski definition) is 1. The van der Waals surface area contributed by atoms with Crippen LogP contribution in [-0.2, 0) is 21.2 Å². The molecule has 28 heavy (non-hydrogen) atoms. The average molecular weight is 441 g/mol. The second kappa shape index (κ2) is 8.03. The number of halogens is 2. The third kappa shape index (κ3) is 3.92. The molecule has 2 aromatic carbocycles. The fraction of sp³-hybridized carbons (Fsp3) is 0.350. The molecule has 8 heteroatoms. The molecule has 1 amide bonds. The second-order valence-electron chi connectivity index (χ2n) is 7.15. The van der Waals surface area contributed by atoms with Gasteiger partial charge in [-0.25, -0.2) is 13.1 Å². The number of hydrogen-bond acceptors (Lipinski definition) is 3. The summed E-state index contributed by atoms with van der Waals surface area (Å²) in [4.78, 5) is 14.7. The second-order valence-corrected chi connectivity index (χ2v) is 9.74. The largest absolute Gasteiger partial charge is 0.314 e. The quantitative estimate of drug-likeness (QED) is 0.745. The van der Waals surface area contributed by atoms with Gasteiger partial charge in [-0.15, -0.1) is 0 Å². The third-order valence-electron chi connectivity index (χ3n) is 4.75. The van der Waals surface area contributed by atoms with Crippen molar-refractivity contribution in [1.29, 1.82) is 0 Å². The molecule has 1 aliphatic rings. The molecule has 1 heterocycles. The van der Waals surface area contributed by atoms with E-state index < -0.39 is 21.4 Å². The lowest BCUT2D eigenvalue weighted by molar-refractivity contribution is -0.132. The number of nitrogens with one attached hydrogen (secondary N) is 1. The molecular formula is C20H22Cl2N2O3S. The highest BCUT2D eigenvalue weighted by atomic mass is 35.5. The number of sulfonamides is 1. The Morgan fingerprint density at radius 2 is 1.64 bits per heavy atom. The highest BCUT2D eigenvalue weighted by molar-refractivity contribution is 7.89. The lowest BCUT2D eigenvalue weighted by atomic mass is 10.1. The van der Waals surface area contributed by atoms with Gasteiger partial charge in [0.1, 0.15) is 0 Å². The zero-order chi connectivity index (χ0) is 20.6. The molecule has 0 radical (unpaired) electrons. The van der Waals surface area contributed by atoms with Crippen LogP contribution in [0.3, 0.4) is 0 Å². The van der Waals surface area contributed by atoms with Gasteiger partial charge >= 0.3 is 0 Å². The van der Waals surface area contributed by atoms with Crippen molar-refractivity contribution in [1.82, 2.24) is 9.62 Å². The average Bonchev–Trinajstić information content (AvgIpc) is 2.91. The van der Waals surface area contributed by atoms with Gasteiger partial charge in [-0.05, 0) is 49.6 Å². The summed E-state index contributed by atoms with van der Waals surface area (Å²) in [5, 5.41) is -0.343. The molecule has 0 fully saturated rings. The van der Waals surface area contributed by atoms with Crippen molar-refractivity contribution in [2.75, 3.05) is 0 Å². The van der Waals surface area contributed by atoms with Crippen molar-refractivity contribution >= 4 is 39.1 Å². The van der Waals surface area contributed by atoms with Crippen molar-refractivity contribution in [3.8, 4) is 0 Å². The molecule has 2 aromatic rings. The molecule has 1 aliphatic heterocycles. The molecule has 2 atom stereocenters. The van der Waals surface area contributed by atoms with Crippen LogP contribution in [0.5, 0.6) is 0 Å². The van der Waals surface area contributed by atoms with Crippen LogP contribution in [0.25, 0.3) is 0 Å². The summed E-state index contributed by atoms with van der Waals surface area (Å²) >= 11 is 12.4. The van der Waals surface area contributed by atoms with Crippen LogP contribution >= 0.6 is 23.2 Å². The molecule has 5 nitrogen and oxygen atoms in total. The SMILES string of the molecule is CC(C)NS(=O)(=O)C1c2ccccc2[C@H](C)N1C(=O)Cc1c(Cl)cccc1Cl. The van der Waals surface area contributed by atoms with Gasteiger partial charge in [-0.2, -0.15) is 0 Å². The van der Waals surface area contributed by atoms with E-state index in [1.807, 2.05) is 19.1 Å². The Morgan fingerprint density at radius 1 is 1.07 bits per heavy atom. The predicted molar refractivity (Wildman–Crippen MR) is 112 cm³/mol. The van der Waals surface area contributed by atoms with Crippen molar-refractivity contribution < 1.29 is 13.2 Å². The van der Waals surface area contributed by atoms with Crippen LogP contribution in [0.4, 0.5) is 0 Å². The highest BCUT2D eigenvalue weighted by Gasteiger charge is 2.46. The maximum atomic E-state index is 13.3. The van der Waals surface area contributed by atoms with E-state index in [0.717, 1.165) is 5.56 Å². The number of fused-ring (bicyclic) bond motifs is 1. The number of nitrogens with zero attached hydrogens (tertiary/aromatic N) is 1. The first kappa shape index (κ1) is 21.1. The predicted octanol–water partition coefficient (Wildman–Crippen LogP) is 4.47. The molecule has 3 rings (SSSR count). The smallest absolute Gasteiger partial charge is 0.237 e. The zero-order valence-electron chi connectivity index (χ0n) is 15.8. The summed E-state index contributed by atoms with van der Waals surface area (Å²) in [6.45, 7) is 5.32. The Hall–Kier alpha value is -1.60. The Bertz CT molecular complexity index is 988. The molecule has 0 saturated carbocycles. The summed E-state index contributed by atoms with van der Waals surface area (Å²) in [5.74, 6) is -0.349.